The van der Waals surface area contributed by atoms with Crippen molar-refractivity contribution in [3.8, 4) is 0 Å². The summed E-state index contributed by atoms with van der Waals surface area (Å²) in [6.45, 7) is 4.02. The maximum atomic E-state index is 11.4. The molecule has 0 amide bonds. The summed E-state index contributed by atoms with van der Waals surface area (Å²) in [5.74, 6) is -0.948. The van der Waals surface area contributed by atoms with E-state index in [9.17, 15) is 9.59 Å². The number of halogens is 1. The molecular weight excluding hydrogens is 353 g/mol. The van der Waals surface area contributed by atoms with Crippen LogP contribution in [0.1, 0.15) is 34.6 Å². The Hall–Kier alpha value is -0.737. The van der Waals surface area contributed by atoms with Crippen LogP contribution in [-0.2, 0) is 29.0 Å². The van der Waals surface area contributed by atoms with Crippen LogP contribution in [-0.4, -0.2) is 25.2 Å². The Morgan fingerprint density at radius 1 is 1.17 bits per heavy atom. The molecule has 0 heterocycles. The second kappa shape index (κ2) is 10.2. The third-order valence-electron chi connectivity index (χ3n) is 1.81. The van der Waals surface area contributed by atoms with Crippen molar-refractivity contribution in [2.24, 2.45) is 0 Å². The fourth-order valence-electron chi connectivity index (χ4n) is 1.13. The van der Waals surface area contributed by atoms with Gasteiger partial charge in [-0.2, -0.15) is 0 Å². The number of carbonyl (C=O) groups excluding carboxylic acids is 2. The molecule has 0 aliphatic rings. The predicted molar refractivity (Wildman–Crippen MR) is 57.2 cm³/mol. The van der Waals surface area contributed by atoms with Gasteiger partial charge in [-0.3, -0.25) is 0 Å². The number of ether oxygens (including phenoxy) is 2. The van der Waals surface area contributed by atoms with Crippen LogP contribution < -0.4 is 17.0 Å². The van der Waals surface area contributed by atoms with Crippen LogP contribution in [0.25, 0.3) is 0 Å². The number of benzene rings is 1. The molecule has 0 aromatic heterocycles. The van der Waals surface area contributed by atoms with Crippen LogP contribution in [0.5, 0.6) is 0 Å². The molecule has 0 unspecified atom stereocenters. The first-order valence-electron chi connectivity index (χ1n) is 5.05. The maximum Gasteiger partial charge on any atom is 0.338 e. The van der Waals surface area contributed by atoms with E-state index >= 15 is 0 Å². The van der Waals surface area contributed by atoms with Gasteiger partial charge in [-0.25, -0.2) is 9.59 Å². The Labute approximate surface area is 130 Å². The summed E-state index contributed by atoms with van der Waals surface area (Å²) in [5, 5.41) is 0. The van der Waals surface area contributed by atoms with Gasteiger partial charge < -0.3 is 26.5 Å². The molecule has 1 aromatic rings. The van der Waals surface area contributed by atoms with Crippen LogP contribution in [0.3, 0.4) is 0 Å². The van der Waals surface area contributed by atoms with E-state index in [2.05, 4.69) is 6.07 Å². The summed E-state index contributed by atoms with van der Waals surface area (Å²) in [5.41, 5.74) is 0.552. The average molecular weight is 367 g/mol. The van der Waals surface area contributed by atoms with Gasteiger partial charge in [-0.15, -0.1) is 0 Å². The minimum absolute atomic E-state index is 0. The summed E-state index contributed by atoms with van der Waals surface area (Å²) in [6.07, 6.45) is 0. The molecule has 1 rings (SSSR count). The monoisotopic (exact) mass is 364 g/mol. The molecule has 0 bridgehead atoms. The first-order valence-corrected chi connectivity index (χ1v) is 5.05. The Balaban J connectivity index is 0. The first-order chi connectivity index (χ1) is 7.69. The predicted octanol–water partition coefficient (Wildman–Crippen LogP) is -1.16. The van der Waals surface area contributed by atoms with Gasteiger partial charge in [0.25, 0.3) is 0 Å². The molecule has 0 fully saturated rings. The van der Waals surface area contributed by atoms with Crippen molar-refractivity contribution in [2.75, 3.05) is 13.2 Å². The van der Waals surface area contributed by atoms with Crippen molar-refractivity contribution in [1.82, 2.24) is 0 Å². The summed E-state index contributed by atoms with van der Waals surface area (Å²) in [4.78, 5) is 22.8. The van der Waals surface area contributed by atoms with Gasteiger partial charge in [0.1, 0.15) is 0 Å². The van der Waals surface area contributed by atoms with E-state index in [1.165, 1.54) is 12.1 Å². The van der Waals surface area contributed by atoms with Crippen LogP contribution in [0, 0.1) is 6.07 Å². The van der Waals surface area contributed by atoms with Gasteiger partial charge in [-0.05, 0) is 32.0 Å². The Morgan fingerprint density at radius 3 is 2.28 bits per heavy atom. The SMILES string of the molecule is CCOC(=O)c1[c]ccc(C(=O)OCC)c1.[Br-].[Zn]. The molecule has 0 atom stereocenters. The topological polar surface area (TPSA) is 52.6 Å². The molecule has 0 saturated heterocycles. The van der Waals surface area contributed by atoms with Gasteiger partial charge in [0.05, 0.1) is 24.3 Å². The smallest absolute Gasteiger partial charge is 0.338 e. The molecule has 4 nitrogen and oxygen atoms in total. The molecule has 0 spiro atoms. The second-order valence-corrected chi connectivity index (χ2v) is 2.93. The Kier molecular flexibility index (Phi) is 11.1. The number of hydrogen-bond donors (Lipinski definition) is 0. The minimum atomic E-state index is -0.492. The molecule has 0 aliphatic carbocycles. The fourth-order valence-corrected chi connectivity index (χ4v) is 1.13. The zero-order valence-corrected chi connectivity index (χ0v) is 14.9. The summed E-state index contributed by atoms with van der Waals surface area (Å²) < 4.78 is 9.62. The fraction of sp³-hybridized carbons (Fsp3) is 0.333. The van der Waals surface area contributed by atoms with E-state index in [1.807, 2.05) is 0 Å². The quantitative estimate of drug-likeness (QED) is 0.498. The van der Waals surface area contributed by atoms with Crippen LogP contribution in [0.15, 0.2) is 18.2 Å². The van der Waals surface area contributed by atoms with Crippen LogP contribution in [0.4, 0.5) is 0 Å². The van der Waals surface area contributed by atoms with Crippen molar-refractivity contribution in [1.29, 1.82) is 0 Å². The molecule has 0 N–H and O–H groups in total. The van der Waals surface area contributed by atoms with Crippen LogP contribution in [0.2, 0.25) is 0 Å². The van der Waals surface area contributed by atoms with E-state index in [-0.39, 0.29) is 48.6 Å². The average Bonchev–Trinajstić information content (AvgIpc) is 2.30. The van der Waals surface area contributed by atoms with E-state index in [0.29, 0.717) is 12.2 Å². The van der Waals surface area contributed by atoms with Gasteiger partial charge in [0.15, 0.2) is 0 Å². The molecule has 6 heteroatoms. The van der Waals surface area contributed by atoms with Crippen molar-refractivity contribution >= 4 is 11.9 Å². The van der Waals surface area contributed by atoms with Gasteiger partial charge in [0.2, 0.25) is 0 Å². The third kappa shape index (κ3) is 5.74. The molecular formula is C12H13BrO4Zn-. The van der Waals surface area contributed by atoms with E-state index < -0.39 is 11.9 Å². The van der Waals surface area contributed by atoms with E-state index in [1.54, 1.807) is 19.9 Å². The van der Waals surface area contributed by atoms with E-state index in [0.717, 1.165) is 0 Å². The number of carbonyl (C=O) groups is 2. The largest absolute Gasteiger partial charge is 1.00 e. The molecule has 0 saturated carbocycles. The number of hydrogen-bond acceptors (Lipinski definition) is 4. The minimum Gasteiger partial charge on any atom is -1.00 e. The van der Waals surface area contributed by atoms with Crippen molar-refractivity contribution < 1.29 is 55.5 Å². The number of rotatable bonds is 4. The maximum absolute atomic E-state index is 11.4. The van der Waals surface area contributed by atoms with Gasteiger partial charge in [-0.1, -0.05) is 6.07 Å². The molecule has 1 aromatic carbocycles. The molecule has 1 radical (unpaired) electrons. The molecule has 95 valence electrons. The van der Waals surface area contributed by atoms with Crippen molar-refractivity contribution in [2.45, 2.75) is 13.8 Å². The number of esters is 2. The standard InChI is InChI=1S/C12H13O4.BrH.Zn/c1-3-15-11(13)9-6-5-7-10(8-9)12(14)16-4-2;;/h5-6,8H,3-4H2,1-2H3;1H;/p-1. The summed E-state index contributed by atoms with van der Waals surface area (Å²) >= 11 is 0. The summed E-state index contributed by atoms with van der Waals surface area (Å²) in [6, 6.07) is 7.16. The zero-order chi connectivity index (χ0) is 12.0. The molecule has 0 aliphatic heterocycles. The van der Waals surface area contributed by atoms with Gasteiger partial charge in [0, 0.05) is 19.5 Å². The normalized spacial score (nSPS) is 8.56. The van der Waals surface area contributed by atoms with Gasteiger partial charge >= 0.3 is 11.9 Å². The van der Waals surface area contributed by atoms with Crippen molar-refractivity contribution in [3.63, 3.8) is 0 Å². The first kappa shape index (κ1) is 19.6. The van der Waals surface area contributed by atoms with E-state index in [4.69, 9.17) is 9.47 Å². The van der Waals surface area contributed by atoms with Crippen LogP contribution >= 0.6 is 0 Å². The second-order valence-electron chi connectivity index (χ2n) is 2.93. The Morgan fingerprint density at radius 2 is 1.72 bits per heavy atom. The third-order valence-corrected chi connectivity index (χ3v) is 1.81. The Bertz CT molecular complexity index is 362. The zero-order valence-electron chi connectivity index (χ0n) is 10.4. The van der Waals surface area contributed by atoms with Crippen molar-refractivity contribution in [3.05, 3.63) is 35.4 Å². The summed E-state index contributed by atoms with van der Waals surface area (Å²) in [7, 11) is 0. The molecule has 18 heavy (non-hydrogen) atoms.